The van der Waals surface area contributed by atoms with Crippen molar-refractivity contribution < 1.29 is 18.3 Å². The molecule has 3 N–H and O–H groups in total. The maximum atomic E-state index is 13.0. The smallest absolute Gasteiger partial charge is 0.407 e. The summed E-state index contributed by atoms with van der Waals surface area (Å²) in [7, 11) is 0. The SMILES string of the molecule is CC(C)(C)NC(=O)OCCC(N)CC1CC(F)C(F)C1. The van der Waals surface area contributed by atoms with Gasteiger partial charge in [-0.05, 0) is 52.4 Å². The van der Waals surface area contributed by atoms with E-state index >= 15 is 0 Å². The first-order chi connectivity index (χ1) is 9.17. The van der Waals surface area contributed by atoms with E-state index in [2.05, 4.69) is 5.32 Å². The molecule has 1 fully saturated rings. The van der Waals surface area contributed by atoms with Crippen molar-refractivity contribution in [2.45, 2.75) is 70.4 Å². The fraction of sp³-hybridized carbons (Fsp3) is 0.929. The lowest BCUT2D eigenvalue weighted by Gasteiger charge is -2.21. The number of ether oxygens (including phenoxy) is 1. The summed E-state index contributed by atoms with van der Waals surface area (Å²) >= 11 is 0. The lowest BCUT2D eigenvalue weighted by Crippen LogP contribution is -2.41. The first-order valence-corrected chi connectivity index (χ1v) is 7.16. The number of halogens is 2. The number of alkyl carbamates (subject to hydrolysis) is 1. The Kier molecular flexibility index (Phi) is 6.17. The molecule has 1 aliphatic rings. The maximum absolute atomic E-state index is 13.0. The normalized spacial score (nSPS) is 28.2. The molecule has 0 aliphatic heterocycles. The van der Waals surface area contributed by atoms with Gasteiger partial charge in [0.2, 0.25) is 0 Å². The summed E-state index contributed by atoms with van der Waals surface area (Å²) in [5, 5.41) is 2.68. The monoisotopic (exact) mass is 292 g/mol. The Bertz CT molecular complexity index is 311. The number of hydrogen-bond acceptors (Lipinski definition) is 3. The van der Waals surface area contributed by atoms with Gasteiger partial charge in [0.15, 0.2) is 0 Å². The molecule has 4 nitrogen and oxygen atoms in total. The van der Waals surface area contributed by atoms with E-state index in [-0.39, 0.29) is 36.9 Å². The second-order valence-corrected chi connectivity index (χ2v) is 6.66. The van der Waals surface area contributed by atoms with Gasteiger partial charge in [-0.2, -0.15) is 0 Å². The molecular weight excluding hydrogens is 266 g/mol. The van der Waals surface area contributed by atoms with Crippen LogP contribution in [0.4, 0.5) is 13.6 Å². The minimum atomic E-state index is -1.35. The van der Waals surface area contributed by atoms with Crippen LogP contribution >= 0.6 is 0 Å². The fourth-order valence-corrected chi connectivity index (χ4v) is 2.41. The summed E-state index contributed by atoms with van der Waals surface area (Å²) in [4.78, 5) is 11.4. The molecule has 6 heteroatoms. The van der Waals surface area contributed by atoms with Gasteiger partial charge in [-0.25, -0.2) is 13.6 Å². The first-order valence-electron chi connectivity index (χ1n) is 7.16. The van der Waals surface area contributed by atoms with Crippen LogP contribution < -0.4 is 11.1 Å². The Morgan fingerprint density at radius 2 is 1.90 bits per heavy atom. The van der Waals surface area contributed by atoms with E-state index in [1.54, 1.807) is 0 Å². The number of nitrogens with two attached hydrogens (primary N) is 1. The molecule has 0 aromatic heterocycles. The largest absolute Gasteiger partial charge is 0.449 e. The zero-order valence-corrected chi connectivity index (χ0v) is 12.5. The summed E-state index contributed by atoms with van der Waals surface area (Å²) in [6, 6.07) is -0.195. The predicted octanol–water partition coefficient (Wildman–Crippen LogP) is 2.70. The van der Waals surface area contributed by atoms with Crippen molar-refractivity contribution in [2.75, 3.05) is 6.61 Å². The molecule has 0 aromatic rings. The summed E-state index contributed by atoms with van der Waals surface area (Å²) in [6.45, 7) is 5.80. The average Bonchev–Trinajstić information content (AvgIpc) is 2.54. The third kappa shape index (κ3) is 6.50. The second kappa shape index (κ2) is 7.20. The molecule has 1 rings (SSSR count). The highest BCUT2D eigenvalue weighted by molar-refractivity contribution is 5.67. The number of carbonyl (C=O) groups excluding carboxylic acids is 1. The quantitative estimate of drug-likeness (QED) is 0.819. The Morgan fingerprint density at radius 3 is 2.40 bits per heavy atom. The van der Waals surface area contributed by atoms with Gasteiger partial charge < -0.3 is 15.8 Å². The van der Waals surface area contributed by atoms with Crippen molar-refractivity contribution in [1.82, 2.24) is 5.32 Å². The van der Waals surface area contributed by atoms with Crippen LogP contribution in [-0.4, -0.2) is 36.6 Å². The average molecular weight is 292 g/mol. The second-order valence-electron chi connectivity index (χ2n) is 6.66. The van der Waals surface area contributed by atoms with Crippen molar-refractivity contribution in [2.24, 2.45) is 11.7 Å². The van der Waals surface area contributed by atoms with Crippen LogP contribution in [0.25, 0.3) is 0 Å². The van der Waals surface area contributed by atoms with Gasteiger partial charge in [0, 0.05) is 11.6 Å². The molecule has 1 saturated carbocycles. The Labute approximate surface area is 119 Å². The third-order valence-electron chi connectivity index (χ3n) is 3.34. The zero-order chi connectivity index (χ0) is 15.3. The molecule has 1 aliphatic carbocycles. The highest BCUT2D eigenvalue weighted by Crippen LogP contribution is 2.33. The summed E-state index contributed by atoms with van der Waals surface area (Å²) < 4.78 is 31.1. The van der Waals surface area contributed by atoms with E-state index in [1.807, 2.05) is 20.8 Å². The van der Waals surface area contributed by atoms with Crippen LogP contribution in [-0.2, 0) is 4.74 Å². The highest BCUT2D eigenvalue weighted by atomic mass is 19.2. The van der Waals surface area contributed by atoms with Gasteiger partial charge in [0.05, 0.1) is 6.61 Å². The molecule has 0 aromatic carbocycles. The number of hydrogen-bond donors (Lipinski definition) is 2. The van der Waals surface area contributed by atoms with Crippen molar-refractivity contribution in [3.63, 3.8) is 0 Å². The van der Waals surface area contributed by atoms with Crippen LogP contribution in [0.3, 0.4) is 0 Å². The van der Waals surface area contributed by atoms with Crippen LogP contribution in [0, 0.1) is 5.92 Å². The van der Waals surface area contributed by atoms with E-state index in [0.717, 1.165) is 0 Å². The Balaban J connectivity index is 2.14. The Morgan fingerprint density at radius 1 is 1.35 bits per heavy atom. The van der Waals surface area contributed by atoms with Crippen LogP contribution in [0.15, 0.2) is 0 Å². The molecule has 0 saturated heterocycles. The fourth-order valence-electron chi connectivity index (χ4n) is 2.41. The predicted molar refractivity (Wildman–Crippen MR) is 74.0 cm³/mol. The van der Waals surface area contributed by atoms with Crippen LogP contribution in [0.2, 0.25) is 0 Å². The molecule has 3 atom stereocenters. The molecule has 20 heavy (non-hydrogen) atoms. The topological polar surface area (TPSA) is 64.3 Å². The van der Waals surface area contributed by atoms with Crippen LogP contribution in [0.1, 0.15) is 46.5 Å². The first kappa shape index (κ1) is 17.1. The number of nitrogens with one attached hydrogen (secondary N) is 1. The van der Waals surface area contributed by atoms with Gasteiger partial charge >= 0.3 is 6.09 Å². The van der Waals surface area contributed by atoms with Crippen LogP contribution in [0.5, 0.6) is 0 Å². The van der Waals surface area contributed by atoms with Crippen molar-refractivity contribution in [3.05, 3.63) is 0 Å². The molecule has 0 radical (unpaired) electrons. The van der Waals surface area contributed by atoms with Gasteiger partial charge in [0.25, 0.3) is 0 Å². The molecule has 118 valence electrons. The summed E-state index contributed by atoms with van der Waals surface area (Å²) in [6.07, 6.45) is -1.59. The summed E-state index contributed by atoms with van der Waals surface area (Å²) in [5.41, 5.74) is 5.56. The van der Waals surface area contributed by atoms with Crippen molar-refractivity contribution >= 4 is 6.09 Å². The zero-order valence-electron chi connectivity index (χ0n) is 12.5. The van der Waals surface area contributed by atoms with Gasteiger partial charge in [-0.3, -0.25) is 0 Å². The lowest BCUT2D eigenvalue weighted by molar-refractivity contribution is 0.133. The minimum Gasteiger partial charge on any atom is -0.449 e. The van der Waals surface area contributed by atoms with Gasteiger partial charge in [0.1, 0.15) is 12.3 Å². The summed E-state index contributed by atoms with van der Waals surface area (Å²) in [5.74, 6) is -0.00148. The van der Waals surface area contributed by atoms with Crippen molar-refractivity contribution in [1.29, 1.82) is 0 Å². The molecule has 0 bridgehead atoms. The Hall–Kier alpha value is -0.910. The third-order valence-corrected chi connectivity index (χ3v) is 3.34. The number of carbonyl (C=O) groups is 1. The van der Waals surface area contributed by atoms with E-state index in [1.165, 1.54) is 0 Å². The van der Waals surface area contributed by atoms with E-state index in [4.69, 9.17) is 10.5 Å². The standard InChI is InChI=1S/C14H26F2N2O2/c1-14(2,3)18-13(19)20-5-4-10(17)6-9-7-11(15)12(16)8-9/h9-12H,4-8,17H2,1-3H3,(H,18,19). The molecular formula is C14H26F2N2O2. The molecule has 3 unspecified atom stereocenters. The number of rotatable bonds is 5. The van der Waals surface area contributed by atoms with E-state index in [9.17, 15) is 13.6 Å². The number of alkyl halides is 2. The maximum Gasteiger partial charge on any atom is 0.407 e. The van der Waals surface area contributed by atoms with E-state index < -0.39 is 18.4 Å². The number of amides is 1. The van der Waals surface area contributed by atoms with Crippen molar-refractivity contribution in [3.8, 4) is 0 Å². The molecule has 0 heterocycles. The lowest BCUT2D eigenvalue weighted by atomic mass is 9.97. The highest BCUT2D eigenvalue weighted by Gasteiger charge is 2.34. The molecule has 0 spiro atoms. The molecule has 1 amide bonds. The van der Waals surface area contributed by atoms with Gasteiger partial charge in [-0.15, -0.1) is 0 Å². The minimum absolute atomic E-state index is 0.00148. The van der Waals surface area contributed by atoms with E-state index in [0.29, 0.717) is 12.8 Å². The van der Waals surface area contributed by atoms with Gasteiger partial charge in [-0.1, -0.05) is 0 Å².